The topological polar surface area (TPSA) is 154 Å². The molecule has 0 radical (unpaired) electrons. The minimum atomic E-state index is -0.342. The monoisotopic (exact) mass is 622 g/mol. The molecule has 0 atom stereocenters. The summed E-state index contributed by atoms with van der Waals surface area (Å²) in [5, 5.41) is 14.2. The van der Waals surface area contributed by atoms with Crippen LogP contribution in [-0.4, -0.2) is 50.0 Å². The van der Waals surface area contributed by atoms with Gasteiger partial charge >= 0.3 is 5.97 Å². The van der Waals surface area contributed by atoms with Gasteiger partial charge in [0.25, 0.3) is 5.56 Å². The lowest BCUT2D eigenvalue weighted by molar-refractivity contribution is -0.140. The third-order valence-electron chi connectivity index (χ3n) is 9.70. The predicted molar refractivity (Wildman–Crippen MR) is 183 cm³/mol. The standard InChI is InChI=1S/C36H42N6O4/c1-8-21-17(3)24-14-26-19(5)23(10-11-30(43)46-7)33(40-26)32-34-31(35(44)42(13-12-37)36(32)45)20(6)27(41-34)16-29-22(9-2)18(4)25(39-29)15-28(21)38-24/h14-16,38-39,41,45H,8-13,37H2,1-7H3. The second-order valence-electron chi connectivity index (χ2n) is 12.1. The van der Waals surface area contributed by atoms with E-state index in [1.54, 1.807) is 0 Å². The third kappa shape index (κ3) is 4.79. The minimum Gasteiger partial charge on any atom is -0.494 e. The number of aryl methyl sites for hydroxylation is 1. The van der Waals surface area contributed by atoms with Crippen molar-refractivity contribution in [1.29, 1.82) is 0 Å². The van der Waals surface area contributed by atoms with Gasteiger partial charge in [0.15, 0.2) is 0 Å². The van der Waals surface area contributed by atoms with Crippen LogP contribution >= 0.6 is 0 Å². The Kier molecular flexibility index (Phi) is 8.02. The number of pyridine rings is 1. The molecule has 4 aromatic heterocycles. The first-order valence-electron chi connectivity index (χ1n) is 15.9. The highest BCUT2D eigenvalue weighted by Crippen LogP contribution is 2.38. The molecule has 10 heteroatoms. The minimum absolute atomic E-state index is 0.132. The second-order valence-corrected chi connectivity index (χ2v) is 12.1. The largest absolute Gasteiger partial charge is 0.494 e. The highest BCUT2D eigenvalue weighted by molar-refractivity contribution is 6.23. The van der Waals surface area contributed by atoms with Gasteiger partial charge in [0.2, 0.25) is 5.88 Å². The number of aromatic hydroxyl groups is 1. The average molecular weight is 623 g/mol. The number of fused-ring (bicyclic) bond motifs is 7. The Morgan fingerprint density at radius 2 is 1.63 bits per heavy atom. The van der Waals surface area contributed by atoms with Crippen molar-refractivity contribution >= 4 is 40.8 Å². The fourth-order valence-electron chi connectivity index (χ4n) is 7.07. The summed E-state index contributed by atoms with van der Waals surface area (Å²) in [4.78, 5) is 42.2. The molecule has 0 aromatic carbocycles. The molecule has 0 unspecified atom stereocenters. The number of nitrogens with one attached hydrogen (secondary N) is 3. The molecule has 2 aliphatic heterocycles. The number of aromatic amines is 3. The maximum Gasteiger partial charge on any atom is 0.305 e. The van der Waals surface area contributed by atoms with Crippen LogP contribution in [-0.2, 0) is 28.9 Å². The first kappa shape index (κ1) is 31.2. The average Bonchev–Trinajstić information content (AvgIpc) is 3.71. The molecule has 6 N–H and O–H groups in total. The number of carbonyl (C=O) groups is 1. The molecule has 46 heavy (non-hydrogen) atoms. The van der Waals surface area contributed by atoms with Gasteiger partial charge in [0.05, 0.1) is 35.0 Å². The van der Waals surface area contributed by atoms with Crippen LogP contribution in [0.5, 0.6) is 5.88 Å². The summed E-state index contributed by atoms with van der Waals surface area (Å²) in [5.41, 5.74) is 17.6. The summed E-state index contributed by atoms with van der Waals surface area (Å²) < 4.78 is 6.30. The number of H-pyrrole nitrogens is 3. The van der Waals surface area contributed by atoms with E-state index in [1.807, 2.05) is 26.0 Å². The first-order chi connectivity index (χ1) is 22.0. The number of esters is 1. The Hall–Kier alpha value is -4.83. The molecule has 0 saturated heterocycles. The number of hydrogen-bond donors (Lipinski definition) is 5. The van der Waals surface area contributed by atoms with E-state index in [1.165, 1.54) is 28.4 Å². The normalized spacial score (nSPS) is 14.1. The van der Waals surface area contributed by atoms with E-state index in [0.29, 0.717) is 34.3 Å². The molecular weight excluding hydrogens is 580 g/mol. The van der Waals surface area contributed by atoms with E-state index in [0.717, 1.165) is 62.9 Å². The number of carbonyl (C=O) groups excluding carboxylic acids is 1. The van der Waals surface area contributed by atoms with Gasteiger partial charge < -0.3 is 30.5 Å². The van der Waals surface area contributed by atoms with Crippen molar-refractivity contribution < 1.29 is 14.6 Å². The van der Waals surface area contributed by atoms with Crippen molar-refractivity contribution in [1.82, 2.24) is 19.5 Å². The van der Waals surface area contributed by atoms with Gasteiger partial charge in [-0.05, 0) is 104 Å². The zero-order valence-corrected chi connectivity index (χ0v) is 27.6. The van der Waals surface area contributed by atoms with E-state index in [-0.39, 0.29) is 36.9 Å². The number of nitrogens with zero attached hydrogens (tertiary/aromatic N) is 2. The molecule has 0 amide bonds. The maximum atomic E-state index is 13.9. The molecule has 0 spiro atoms. The SMILES string of the molecule is CCc1c2[nH]c(c1C)C=C1N=C(C(CCC(=O)OC)=C1C)c1c(O)n(CCN)c(=O)c3c(C)c([nH]c13)C=c1[nH]c(c(C)c1CC)=C2. The van der Waals surface area contributed by atoms with Crippen molar-refractivity contribution in [3.8, 4) is 5.88 Å². The third-order valence-corrected chi connectivity index (χ3v) is 9.70. The van der Waals surface area contributed by atoms with Crippen molar-refractivity contribution in [3.05, 3.63) is 88.4 Å². The number of allylic oxidation sites excluding steroid dienone is 2. The van der Waals surface area contributed by atoms with Crippen molar-refractivity contribution in [2.45, 2.75) is 73.8 Å². The summed E-state index contributed by atoms with van der Waals surface area (Å²) in [6, 6.07) is 0. The van der Waals surface area contributed by atoms with Crippen LogP contribution in [0.15, 0.2) is 26.6 Å². The number of nitrogens with two attached hydrogens (primary N) is 1. The van der Waals surface area contributed by atoms with Crippen LogP contribution in [0.2, 0.25) is 0 Å². The second kappa shape index (κ2) is 11.8. The Morgan fingerprint density at radius 1 is 0.935 bits per heavy atom. The number of ether oxygens (including phenoxy) is 1. The number of aliphatic imine (C=N–C) groups is 1. The molecule has 0 fully saturated rings. The summed E-state index contributed by atoms with van der Waals surface area (Å²) in [5.74, 6) is -0.556. The maximum absolute atomic E-state index is 13.9. The number of rotatable bonds is 7. The van der Waals surface area contributed by atoms with Crippen LogP contribution in [0, 0.1) is 20.8 Å². The Morgan fingerprint density at radius 3 is 2.30 bits per heavy atom. The molecule has 4 aromatic rings. The zero-order chi connectivity index (χ0) is 33.0. The molecule has 6 heterocycles. The molecule has 0 saturated carbocycles. The smallest absolute Gasteiger partial charge is 0.305 e. The molecular formula is C36H42N6O4. The fraction of sp³-hybridized carbons (Fsp3) is 0.361. The summed E-state index contributed by atoms with van der Waals surface area (Å²) in [6.45, 7) is 12.7. The van der Waals surface area contributed by atoms with E-state index in [4.69, 9.17) is 15.5 Å². The zero-order valence-electron chi connectivity index (χ0n) is 27.6. The van der Waals surface area contributed by atoms with Gasteiger partial charge in [-0.3, -0.25) is 14.2 Å². The van der Waals surface area contributed by atoms with Crippen LogP contribution in [0.4, 0.5) is 0 Å². The lowest BCUT2D eigenvalue weighted by atomic mass is 9.95. The highest BCUT2D eigenvalue weighted by Gasteiger charge is 2.31. The Labute approximate surface area is 267 Å². The lowest BCUT2D eigenvalue weighted by Crippen LogP contribution is -2.26. The van der Waals surface area contributed by atoms with Gasteiger partial charge in [-0.2, -0.15) is 0 Å². The Bertz CT molecular complexity index is 2210. The molecule has 6 rings (SSSR count). The lowest BCUT2D eigenvalue weighted by Gasteiger charge is -2.15. The van der Waals surface area contributed by atoms with Crippen LogP contribution in [0.1, 0.15) is 84.1 Å². The first-order valence-corrected chi connectivity index (χ1v) is 15.9. The van der Waals surface area contributed by atoms with E-state index in [9.17, 15) is 14.7 Å². The van der Waals surface area contributed by atoms with E-state index in [2.05, 4.69) is 48.7 Å². The van der Waals surface area contributed by atoms with Crippen molar-refractivity contribution in [3.63, 3.8) is 0 Å². The van der Waals surface area contributed by atoms with Gasteiger partial charge in [-0.25, -0.2) is 4.99 Å². The number of methoxy groups -OCH3 is 1. The quantitative estimate of drug-likeness (QED) is 0.199. The van der Waals surface area contributed by atoms with Gasteiger partial charge in [0.1, 0.15) is 0 Å². The van der Waals surface area contributed by atoms with E-state index >= 15 is 0 Å². The summed E-state index contributed by atoms with van der Waals surface area (Å²) >= 11 is 0. The van der Waals surface area contributed by atoms with Crippen molar-refractivity contribution in [2.24, 2.45) is 10.7 Å². The molecule has 240 valence electrons. The molecule has 2 aliphatic rings. The Balaban J connectivity index is 1.79. The van der Waals surface area contributed by atoms with Crippen LogP contribution < -0.4 is 22.0 Å². The van der Waals surface area contributed by atoms with Gasteiger partial charge in [0, 0.05) is 47.3 Å². The van der Waals surface area contributed by atoms with Crippen LogP contribution in [0.3, 0.4) is 0 Å². The number of aromatic nitrogens is 4. The van der Waals surface area contributed by atoms with Gasteiger partial charge in [-0.15, -0.1) is 0 Å². The van der Waals surface area contributed by atoms with Gasteiger partial charge in [-0.1, -0.05) is 13.8 Å². The highest BCUT2D eigenvalue weighted by atomic mass is 16.5. The molecule has 10 nitrogen and oxygen atoms in total. The number of hydrogen-bond acceptors (Lipinski definition) is 6. The summed E-state index contributed by atoms with van der Waals surface area (Å²) in [7, 11) is 1.37. The van der Waals surface area contributed by atoms with E-state index < -0.39 is 0 Å². The predicted octanol–water partition coefficient (Wildman–Crippen LogP) is 3.78. The fourth-order valence-corrected chi connectivity index (χ4v) is 7.07. The molecule has 0 aliphatic carbocycles. The van der Waals surface area contributed by atoms with Crippen molar-refractivity contribution in [2.75, 3.05) is 13.7 Å². The van der Waals surface area contributed by atoms with Crippen LogP contribution in [0.25, 0.3) is 29.1 Å². The summed E-state index contributed by atoms with van der Waals surface area (Å²) in [6.07, 6.45) is 8.42. The molecule has 8 bridgehead atoms.